The van der Waals surface area contributed by atoms with Gasteiger partial charge in [0.25, 0.3) is 0 Å². The van der Waals surface area contributed by atoms with E-state index in [9.17, 15) is 9.59 Å². The van der Waals surface area contributed by atoms with Gasteiger partial charge >= 0.3 is 6.03 Å². The Labute approximate surface area is 232 Å². The van der Waals surface area contributed by atoms with E-state index in [0.717, 1.165) is 11.3 Å². The van der Waals surface area contributed by atoms with Crippen LogP contribution in [0.5, 0.6) is 11.5 Å². The van der Waals surface area contributed by atoms with Gasteiger partial charge in [-0.05, 0) is 42.8 Å². The van der Waals surface area contributed by atoms with Crippen molar-refractivity contribution in [2.24, 2.45) is 0 Å². The second-order valence-corrected chi connectivity index (χ2v) is 9.07. The molecule has 202 valence electrons. The number of halogens is 1. The average Bonchev–Trinajstić information content (AvgIpc) is 3.37. The first-order valence-corrected chi connectivity index (χ1v) is 12.8. The molecule has 0 radical (unpaired) electrons. The maximum Gasteiger partial charge on any atom is 0.322 e. The number of urea groups is 1. The molecule has 0 aliphatic carbocycles. The van der Waals surface area contributed by atoms with Crippen LogP contribution >= 0.6 is 11.6 Å². The van der Waals surface area contributed by atoms with Gasteiger partial charge in [-0.15, -0.1) is 0 Å². The third kappa shape index (κ3) is 6.88. The van der Waals surface area contributed by atoms with Crippen LogP contribution in [0.4, 0.5) is 16.3 Å². The van der Waals surface area contributed by atoms with Crippen LogP contribution in [0, 0.1) is 0 Å². The van der Waals surface area contributed by atoms with E-state index < -0.39 is 6.03 Å². The summed E-state index contributed by atoms with van der Waals surface area (Å²) in [5.41, 5.74) is 2.79. The van der Waals surface area contributed by atoms with E-state index in [1.165, 1.54) is 12.0 Å². The molecule has 2 N–H and O–H groups in total. The third-order valence-corrected chi connectivity index (χ3v) is 6.14. The fourth-order valence-corrected chi connectivity index (χ4v) is 4.10. The largest absolute Gasteiger partial charge is 0.497 e. The van der Waals surface area contributed by atoms with Gasteiger partial charge in [0, 0.05) is 29.3 Å². The molecule has 0 fully saturated rings. The molecule has 0 saturated heterocycles. The highest BCUT2D eigenvalue weighted by molar-refractivity contribution is 6.30. The topological polar surface area (TPSA) is 97.7 Å². The number of benzene rings is 3. The smallest absolute Gasteiger partial charge is 0.322 e. The Kier molecular flexibility index (Phi) is 9.06. The van der Waals surface area contributed by atoms with Gasteiger partial charge in [-0.3, -0.25) is 4.79 Å². The molecule has 10 heteroatoms. The summed E-state index contributed by atoms with van der Waals surface area (Å²) in [5.74, 6) is 1.15. The van der Waals surface area contributed by atoms with Gasteiger partial charge in [-0.1, -0.05) is 48.9 Å². The van der Waals surface area contributed by atoms with Gasteiger partial charge < -0.3 is 25.0 Å². The molecule has 1 aromatic heterocycles. The Morgan fingerprint density at radius 1 is 0.949 bits per heavy atom. The normalized spacial score (nSPS) is 10.6. The van der Waals surface area contributed by atoms with E-state index in [1.807, 2.05) is 49.4 Å². The molecule has 0 saturated carbocycles. The highest BCUT2D eigenvalue weighted by Gasteiger charge is 2.20. The molecule has 1 heterocycles. The minimum atomic E-state index is -0.424. The molecule has 0 spiro atoms. The second kappa shape index (κ2) is 12.8. The van der Waals surface area contributed by atoms with Gasteiger partial charge in [-0.2, -0.15) is 5.10 Å². The van der Waals surface area contributed by atoms with Gasteiger partial charge in [-0.25, -0.2) is 9.48 Å². The SMILES string of the molecule is CCCN(CC(=O)Nc1cc(-c2ccccc2)nn1-c1ccc(Cl)cc1)C(=O)Nc1ccc(OC)cc1OC. The van der Waals surface area contributed by atoms with Crippen LogP contribution in [0.1, 0.15) is 13.3 Å². The highest BCUT2D eigenvalue weighted by Crippen LogP contribution is 2.29. The van der Waals surface area contributed by atoms with Crippen molar-refractivity contribution < 1.29 is 19.1 Å². The number of anilines is 2. The zero-order valence-electron chi connectivity index (χ0n) is 22.0. The van der Waals surface area contributed by atoms with Crippen LogP contribution in [0.15, 0.2) is 78.9 Å². The zero-order chi connectivity index (χ0) is 27.8. The minimum Gasteiger partial charge on any atom is -0.497 e. The summed E-state index contributed by atoms with van der Waals surface area (Å²) in [4.78, 5) is 27.8. The van der Waals surface area contributed by atoms with E-state index in [4.69, 9.17) is 26.2 Å². The van der Waals surface area contributed by atoms with E-state index in [0.29, 0.717) is 46.7 Å². The number of aromatic nitrogens is 2. The Hall–Kier alpha value is -4.50. The number of hydrogen-bond acceptors (Lipinski definition) is 5. The van der Waals surface area contributed by atoms with Gasteiger partial charge in [0.15, 0.2) is 0 Å². The molecule has 4 aromatic rings. The molecule has 39 heavy (non-hydrogen) atoms. The van der Waals surface area contributed by atoms with Gasteiger partial charge in [0.1, 0.15) is 23.9 Å². The van der Waals surface area contributed by atoms with Crippen molar-refractivity contribution in [3.63, 3.8) is 0 Å². The molecule has 0 aliphatic heterocycles. The number of nitrogens with one attached hydrogen (secondary N) is 2. The number of hydrogen-bond donors (Lipinski definition) is 2. The van der Waals surface area contributed by atoms with Crippen molar-refractivity contribution in [2.75, 3.05) is 37.9 Å². The number of nitrogens with zero attached hydrogens (tertiary/aromatic N) is 3. The van der Waals surface area contributed by atoms with E-state index in [-0.39, 0.29) is 12.5 Å². The second-order valence-electron chi connectivity index (χ2n) is 8.64. The molecule has 3 amide bonds. The summed E-state index contributed by atoms with van der Waals surface area (Å²) < 4.78 is 12.2. The summed E-state index contributed by atoms with van der Waals surface area (Å²) in [7, 11) is 3.06. The molecule has 0 bridgehead atoms. The monoisotopic (exact) mass is 547 g/mol. The molecule has 3 aromatic carbocycles. The van der Waals surface area contributed by atoms with Crippen LogP contribution in [-0.4, -0.2) is 53.9 Å². The fourth-order valence-electron chi connectivity index (χ4n) is 3.97. The lowest BCUT2D eigenvalue weighted by Gasteiger charge is -2.23. The van der Waals surface area contributed by atoms with Crippen LogP contribution in [-0.2, 0) is 4.79 Å². The highest BCUT2D eigenvalue weighted by atomic mass is 35.5. The maximum atomic E-state index is 13.2. The Bertz CT molecular complexity index is 1420. The first-order chi connectivity index (χ1) is 18.9. The zero-order valence-corrected chi connectivity index (χ0v) is 22.7. The number of carbonyl (C=O) groups excluding carboxylic acids is 2. The van der Waals surface area contributed by atoms with Crippen LogP contribution in [0.25, 0.3) is 16.9 Å². The Balaban J connectivity index is 1.54. The number of amides is 3. The molecule has 9 nitrogen and oxygen atoms in total. The lowest BCUT2D eigenvalue weighted by Crippen LogP contribution is -2.41. The Morgan fingerprint density at radius 2 is 1.69 bits per heavy atom. The lowest BCUT2D eigenvalue weighted by atomic mass is 10.1. The molecule has 4 rings (SSSR count). The van der Waals surface area contributed by atoms with Crippen molar-refractivity contribution in [1.29, 1.82) is 0 Å². The van der Waals surface area contributed by atoms with Gasteiger partial charge in [0.2, 0.25) is 5.91 Å². The molecule has 0 unspecified atom stereocenters. The first kappa shape index (κ1) is 27.5. The van der Waals surface area contributed by atoms with Crippen molar-refractivity contribution >= 4 is 35.0 Å². The summed E-state index contributed by atoms with van der Waals surface area (Å²) >= 11 is 6.08. The predicted molar refractivity (Wildman–Crippen MR) is 153 cm³/mol. The predicted octanol–water partition coefficient (Wildman–Crippen LogP) is 6.09. The lowest BCUT2D eigenvalue weighted by molar-refractivity contribution is -0.116. The average molecular weight is 548 g/mol. The molecule has 0 aliphatic rings. The fraction of sp³-hybridized carbons (Fsp3) is 0.207. The van der Waals surface area contributed by atoms with Crippen molar-refractivity contribution in [3.05, 3.63) is 83.9 Å². The summed E-state index contributed by atoms with van der Waals surface area (Å²) in [6.45, 7) is 2.15. The third-order valence-electron chi connectivity index (χ3n) is 5.88. The molecular weight excluding hydrogens is 518 g/mol. The van der Waals surface area contributed by atoms with Crippen LogP contribution < -0.4 is 20.1 Å². The van der Waals surface area contributed by atoms with Crippen molar-refractivity contribution in [1.82, 2.24) is 14.7 Å². The summed E-state index contributed by atoms with van der Waals surface area (Å²) in [5, 5.41) is 11.1. The van der Waals surface area contributed by atoms with Crippen LogP contribution in [0.2, 0.25) is 5.02 Å². The number of rotatable bonds is 10. The van der Waals surface area contributed by atoms with E-state index in [2.05, 4.69) is 10.6 Å². The number of carbonyl (C=O) groups is 2. The quantitative estimate of drug-likeness (QED) is 0.250. The van der Waals surface area contributed by atoms with Crippen LogP contribution in [0.3, 0.4) is 0 Å². The molecular formula is C29H30ClN5O4. The standard InChI is InChI=1S/C29H30ClN5O4/c1-4-16-34(29(37)31-24-15-14-23(38-2)17-26(24)39-3)19-28(36)32-27-18-25(20-8-6-5-7-9-20)33-35(27)22-12-10-21(30)11-13-22/h5-15,17-18H,4,16,19H2,1-3H3,(H,31,37)(H,32,36). The number of ether oxygens (including phenoxy) is 2. The molecule has 0 atom stereocenters. The number of methoxy groups -OCH3 is 2. The first-order valence-electron chi connectivity index (χ1n) is 12.4. The summed E-state index contributed by atoms with van der Waals surface area (Å²) in [6.07, 6.45) is 0.668. The van der Waals surface area contributed by atoms with Crippen molar-refractivity contribution in [2.45, 2.75) is 13.3 Å². The van der Waals surface area contributed by atoms with Crippen molar-refractivity contribution in [3.8, 4) is 28.4 Å². The summed E-state index contributed by atoms with van der Waals surface area (Å²) in [6, 6.07) is 23.3. The maximum absolute atomic E-state index is 13.2. The van der Waals surface area contributed by atoms with E-state index >= 15 is 0 Å². The van der Waals surface area contributed by atoms with E-state index in [1.54, 1.807) is 48.2 Å². The Morgan fingerprint density at radius 3 is 2.36 bits per heavy atom. The minimum absolute atomic E-state index is 0.162. The van der Waals surface area contributed by atoms with Gasteiger partial charge in [0.05, 0.1) is 31.3 Å².